The molecule has 0 aliphatic carbocycles. The molecule has 0 fully saturated rings. The molecule has 1 rings (SSSR count). The van der Waals surface area contributed by atoms with Crippen molar-refractivity contribution in [3.05, 3.63) is 16.1 Å². The van der Waals surface area contributed by atoms with Crippen LogP contribution in [0.5, 0.6) is 17.2 Å². The van der Waals surface area contributed by atoms with E-state index >= 15 is 0 Å². The maximum Gasteiger partial charge on any atom is 0.203 e. The quantitative estimate of drug-likeness (QED) is 0.846. The van der Waals surface area contributed by atoms with Crippen LogP contribution in [0.2, 0.25) is 0 Å². The van der Waals surface area contributed by atoms with Gasteiger partial charge >= 0.3 is 0 Å². The first-order valence-corrected chi connectivity index (χ1v) is 6.19. The Bertz CT molecular complexity index is 408. The summed E-state index contributed by atoms with van der Waals surface area (Å²) in [5.41, 5.74) is 0.707. The maximum absolute atomic E-state index is 5.87. The molecular formula is C13H19BrO3. The van der Waals surface area contributed by atoms with Crippen LogP contribution in [0.3, 0.4) is 0 Å². The second-order valence-electron chi connectivity index (χ2n) is 4.76. The van der Waals surface area contributed by atoms with E-state index in [9.17, 15) is 0 Å². The van der Waals surface area contributed by atoms with Crippen LogP contribution < -0.4 is 14.2 Å². The number of hydrogen-bond donors (Lipinski definition) is 0. The van der Waals surface area contributed by atoms with Gasteiger partial charge in [-0.15, -0.1) is 0 Å². The van der Waals surface area contributed by atoms with Gasteiger partial charge in [0.25, 0.3) is 0 Å². The Balaban J connectivity index is 3.34. The first-order chi connectivity index (χ1) is 7.80. The Morgan fingerprint density at radius 2 is 1.59 bits per heavy atom. The van der Waals surface area contributed by atoms with E-state index in [4.69, 9.17) is 14.2 Å². The maximum atomic E-state index is 5.87. The molecule has 1 aromatic carbocycles. The summed E-state index contributed by atoms with van der Waals surface area (Å²) < 4.78 is 17.6. The largest absolute Gasteiger partial charge is 0.492 e. The minimum absolute atomic E-state index is 0.285. The van der Waals surface area contributed by atoms with Gasteiger partial charge in [-0.2, -0.15) is 0 Å². The Hall–Kier alpha value is -0.900. The number of methoxy groups -OCH3 is 2. The summed E-state index contributed by atoms with van der Waals surface area (Å²) in [5.74, 6) is 2.00. The van der Waals surface area contributed by atoms with Crippen LogP contribution in [0, 0.1) is 6.92 Å². The molecule has 0 saturated heterocycles. The summed E-state index contributed by atoms with van der Waals surface area (Å²) in [6, 6.07) is 1.90. The van der Waals surface area contributed by atoms with Gasteiger partial charge in [0.2, 0.25) is 5.75 Å². The first kappa shape index (κ1) is 14.2. The average molecular weight is 303 g/mol. The predicted molar refractivity (Wildman–Crippen MR) is 72.4 cm³/mol. The standard InChI is InChI=1S/C13H19BrO3/c1-8-9(14)7-10(17-13(2,3)4)12(16-6)11(8)15-5/h7H,1-6H3. The van der Waals surface area contributed by atoms with Gasteiger partial charge in [-0.25, -0.2) is 0 Å². The number of rotatable bonds is 3. The van der Waals surface area contributed by atoms with Crippen molar-refractivity contribution in [3.63, 3.8) is 0 Å². The van der Waals surface area contributed by atoms with Gasteiger partial charge in [0, 0.05) is 10.0 Å². The lowest BCUT2D eigenvalue weighted by Crippen LogP contribution is -2.23. The molecule has 3 nitrogen and oxygen atoms in total. The minimum Gasteiger partial charge on any atom is -0.492 e. The van der Waals surface area contributed by atoms with E-state index in [1.807, 2.05) is 33.8 Å². The van der Waals surface area contributed by atoms with Gasteiger partial charge in [-0.05, 0) is 33.8 Å². The van der Waals surface area contributed by atoms with Gasteiger partial charge < -0.3 is 14.2 Å². The van der Waals surface area contributed by atoms with Gasteiger partial charge in [0.05, 0.1) is 14.2 Å². The Labute approximate surface area is 111 Å². The summed E-state index contributed by atoms with van der Waals surface area (Å²) in [6.45, 7) is 7.94. The van der Waals surface area contributed by atoms with Crippen molar-refractivity contribution >= 4 is 15.9 Å². The second-order valence-corrected chi connectivity index (χ2v) is 5.62. The predicted octanol–water partition coefficient (Wildman–Crippen LogP) is 3.95. The van der Waals surface area contributed by atoms with E-state index in [1.54, 1.807) is 14.2 Å². The SMILES string of the molecule is COc1c(OC(C)(C)C)cc(Br)c(C)c1OC. The molecule has 0 atom stereocenters. The molecule has 0 amide bonds. The molecule has 17 heavy (non-hydrogen) atoms. The van der Waals surface area contributed by atoms with Crippen LogP contribution >= 0.6 is 15.9 Å². The van der Waals surface area contributed by atoms with Gasteiger partial charge in [-0.1, -0.05) is 15.9 Å². The van der Waals surface area contributed by atoms with E-state index in [-0.39, 0.29) is 5.60 Å². The van der Waals surface area contributed by atoms with E-state index in [0.29, 0.717) is 17.2 Å². The van der Waals surface area contributed by atoms with Crippen molar-refractivity contribution in [3.8, 4) is 17.2 Å². The van der Waals surface area contributed by atoms with E-state index < -0.39 is 0 Å². The van der Waals surface area contributed by atoms with E-state index in [2.05, 4.69) is 15.9 Å². The fraction of sp³-hybridized carbons (Fsp3) is 0.538. The summed E-state index contributed by atoms with van der Waals surface area (Å²) in [7, 11) is 3.24. The molecule has 0 radical (unpaired) electrons. The molecular weight excluding hydrogens is 284 g/mol. The molecule has 0 N–H and O–H groups in total. The molecule has 0 aliphatic rings. The number of hydrogen-bond acceptors (Lipinski definition) is 3. The monoisotopic (exact) mass is 302 g/mol. The van der Waals surface area contributed by atoms with Crippen molar-refractivity contribution in [2.24, 2.45) is 0 Å². The summed E-state index contributed by atoms with van der Waals surface area (Å²) in [5, 5.41) is 0. The summed E-state index contributed by atoms with van der Waals surface area (Å²) >= 11 is 3.49. The van der Waals surface area contributed by atoms with Gasteiger partial charge in [0.15, 0.2) is 11.5 Å². The van der Waals surface area contributed by atoms with Crippen LogP contribution in [-0.4, -0.2) is 19.8 Å². The number of ether oxygens (including phenoxy) is 3. The molecule has 96 valence electrons. The highest BCUT2D eigenvalue weighted by Gasteiger charge is 2.21. The highest BCUT2D eigenvalue weighted by molar-refractivity contribution is 9.10. The van der Waals surface area contributed by atoms with Gasteiger partial charge in [-0.3, -0.25) is 0 Å². The Morgan fingerprint density at radius 3 is 2.00 bits per heavy atom. The van der Waals surface area contributed by atoms with Crippen LogP contribution in [0.15, 0.2) is 10.5 Å². The fourth-order valence-electron chi connectivity index (χ4n) is 1.52. The van der Waals surface area contributed by atoms with Gasteiger partial charge in [0.1, 0.15) is 5.60 Å². The fourth-order valence-corrected chi connectivity index (χ4v) is 1.91. The average Bonchev–Trinajstić information content (AvgIpc) is 2.20. The van der Waals surface area contributed by atoms with E-state index in [1.165, 1.54) is 0 Å². The van der Waals surface area contributed by atoms with Crippen molar-refractivity contribution in [2.75, 3.05) is 14.2 Å². The lowest BCUT2D eigenvalue weighted by molar-refractivity contribution is 0.124. The third kappa shape index (κ3) is 3.28. The zero-order chi connectivity index (χ0) is 13.2. The molecule has 0 unspecified atom stereocenters. The zero-order valence-electron chi connectivity index (χ0n) is 11.2. The molecule has 0 spiro atoms. The summed E-state index contributed by atoms with van der Waals surface area (Å²) in [6.07, 6.45) is 0. The molecule has 0 saturated carbocycles. The molecule has 0 aliphatic heterocycles. The Kier molecular flexibility index (Phi) is 4.31. The number of halogens is 1. The normalized spacial score (nSPS) is 11.2. The molecule has 0 bridgehead atoms. The smallest absolute Gasteiger partial charge is 0.203 e. The highest BCUT2D eigenvalue weighted by Crippen LogP contribution is 2.44. The van der Waals surface area contributed by atoms with Crippen molar-refractivity contribution < 1.29 is 14.2 Å². The zero-order valence-corrected chi connectivity index (χ0v) is 12.8. The Morgan fingerprint density at radius 1 is 1.06 bits per heavy atom. The van der Waals surface area contributed by atoms with Crippen LogP contribution in [0.25, 0.3) is 0 Å². The van der Waals surface area contributed by atoms with Crippen LogP contribution in [-0.2, 0) is 0 Å². The van der Waals surface area contributed by atoms with Crippen LogP contribution in [0.1, 0.15) is 26.3 Å². The van der Waals surface area contributed by atoms with E-state index in [0.717, 1.165) is 10.0 Å². The van der Waals surface area contributed by atoms with Crippen molar-refractivity contribution in [2.45, 2.75) is 33.3 Å². The topological polar surface area (TPSA) is 27.7 Å². The minimum atomic E-state index is -0.285. The lowest BCUT2D eigenvalue weighted by atomic mass is 10.1. The molecule has 1 aromatic rings. The number of benzene rings is 1. The lowest BCUT2D eigenvalue weighted by Gasteiger charge is -2.24. The molecule has 4 heteroatoms. The summed E-state index contributed by atoms with van der Waals surface area (Å²) in [4.78, 5) is 0. The highest BCUT2D eigenvalue weighted by atomic mass is 79.9. The first-order valence-electron chi connectivity index (χ1n) is 5.40. The second kappa shape index (κ2) is 5.17. The van der Waals surface area contributed by atoms with Crippen molar-refractivity contribution in [1.29, 1.82) is 0 Å². The molecule has 0 aromatic heterocycles. The third-order valence-corrected chi connectivity index (χ3v) is 3.03. The third-order valence-electron chi connectivity index (χ3n) is 2.21. The molecule has 0 heterocycles. The van der Waals surface area contributed by atoms with Crippen molar-refractivity contribution in [1.82, 2.24) is 0 Å². The van der Waals surface area contributed by atoms with Crippen LogP contribution in [0.4, 0.5) is 0 Å².